The lowest BCUT2D eigenvalue weighted by Gasteiger charge is -2.10. The van der Waals surface area contributed by atoms with Crippen molar-refractivity contribution in [3.63, 3.8) is 0 Å². The number of imide groups is 1. The van der Waals surface area contributed by atoms with Crippen molar-refractivity contribution < 1.29 is 23.9 Å². The summed E-state index contributed by atoms with van der Waals surface area (Å²) in [5.74, 6) is -1.43. The molecule has 1 N–H and O–H groups in total. The number of hydrogen-bond donors (Lipinski definition) is 1. The zero-order chi connectivity index (χ0) is 21.0. The first-order valence-electron chi connectivity index (χ1n) is 9.28. The molecule has 3 rings (SSSR count). The van der Waals surface area contributed by atoms with Gasteiger partial charge in [0.05, 0.1) is 16.8 Å². The van der Waals surface area contributed by atoms with Crippen molar-refractivity contribution >= 4 is 50.9 Å². The van der Waals surface area contributed by atoms with Crippen molar-refractivity contribution in [3.05, 3.63) is 23.0 Å². The largest absolute Gasteiger partial charge is 0.380 e. The van der Waals surface area contributed by atoms with Gasteiger partial charge in [-0.3, -0.25) is 24.1 Å². The molecule has 1 fully saturated rings. The maximum atomic E-state index is 12.4. The molecular weight excluding hydrogens is 396 g/mol. The molecule has 0 bridgehead atoms. The third kappa shape index (κ3) is 4.96. The summed E-state index contributed by atoms with van der Waals surface area (Å²) in [7, 11) is 0. The monoisotopic (exact) mass is 418 g/mol. The Labute approximate surface area is 171 Å². The molecule has 0 spiro atoms. The maximum Gasteiger partial charge on any atom is 0.268 e. The summed E-state index contributed by atoms with van der Waals surface area (Å²) >= 11 is 1.29. The number of nitrogens with zero attached hydrogens (tertiary/aromatic N) is 3. The number of nitrogens with one attached hydrogen (secondary N) is 1. The van der Waals surface area contributed by atoms with Crippen LogP contribution in [0.25, 0.3) is 10.2 Å². The first-order valence-corrected chi connectivity index (χ1v) is 10.1. The van der Waals surface area contributed by atoms with E-state index in [2.05, 4.69) is 10.3 Å². The first-order chi connectivity index (χ1) is 13.9. The number of benzene rings is 1. The molecule has 0 unspecified atom stereocenters. The van der Waals surface area contributed by atoms with Crippen molar-refractivity contribution in [2.24, 2.45) is 4.99 Å². The zero-order valence-corrected chi connectivity index (χ0v) is 17.1. The number of fused-ring (bicyclic) bond motifs is 1. The Morgan fingerprint density at radius 1 is 1.24 bits per heavy atom. The summed E-state index contributed by atoms with van der Waals surface area (Å²) < 4.78 is 8.13. The highest BCUT2D eigenvalue weighted by atomic mass is 32.1. The minimum absolute atomic E-state index is 0.134. The Balaban J connectivity index is 1.94. The van der Waals surface area contributed by atoms with Crippen LogP contribution in [0.3, 0.4) is 0 Å². The molecule has 1 aromatic heterocycles. The van der Waals surface area contributed by atoms with Gasteiger partial charge in [-0.15, -0.1) is 0 Å². The highest BCUT2D eigenvalue weighted by Crippen LogP contribution is 2.22. The zero-order valence-electron chi connectivity index (χ0n) is 16.3. The van der Waals surface area contributed by atoms with Gasteiger partial charge < -0.3 is 14.6 Å². The summed E-state index contributed by atoms with van der Waals surface area (Å²) in [5, 5.41) is 2.73. The molecule has 154 valence electrons. The molecule has 2 aromatic rings. The van der Waals surface area contributed by atoms with E-state index in [4.69, 9.17) is 4.74 Å². The number of aromatic nitrogens is 1. The molecule has 1 aromatic carbocycles. The van der Waals surface area contributed by atoms with E-state index >= 15 is 0 Å². The fourth-order valence-corrected chi connectivity index (χ4v) is 4.15. The number of amides is 4. The van der Waals surface area contributed by atoms with Crippen LogP contribution in [0.2, 0.25) is 0 Å². The lowest BCUT2D eigenvalue weighted by atomic mass is 10.3. The molecule has 4 amide bonds. The van der Waals surface area contributed by atoms with Crippen LogP contribution < -0.4 is 10.1 Å². The molecular formula is C19H22N4O5S. The van der Waals surface area contributed by atoms with Gasteiger partial charge in [0.15, 0.2) is 4.80 Å². The Kier molecular flexibility index (Phi) is 6.55. The fourth-order valence-electron chi connectivity index (χ4n) is 3.03. The van der Waals surface area contributed by atoms with Crippen LogP contribution >= 0.6 is 11.3 Å². The summed E-state index contributed by atoms with van der Waals surface area (Å²) in [6.07, 6.45) is 0.268. The summed E-state index contributed by atoms with van der Waals surface area (Å²) in [6.45, 7) is 4.48. The smallest absolute Gasteiger partial charge is 0.268 e. The van der Waals surface area contributed by atoms with Crippen molar-refractivity contribution in [2.45, 2.75) is 33.2 Å². The van der Waals surface area contributed by atoms with Gasteiger partial charge >= 0.3 is 0 Å². The number of ether oxygens (including phenoxy) is 1. The minimum Gasteiger partial charge on any atom is -0.380 e. The number of rotatable bonds is 7. The fraction of sp³-hybridized carbons (Fsp3) is 0.421. The predicted molar refractivity (Wildman–Crippen MR) is 107 cm³/mol. The molecule has 0 saturated carbocycles. The van der Waals surface area contributed by atoms with Crippen LogP contribution in [0, 0.1) is 0 Å². The number of likely N-dealkylation sites (tertiary alicyclic amines) is 1. The van der Waals surface area contributed by atoms with Gasteiger partial charge in [0.1, 0.15) is 6.54 Å². The van der Waals surface area contributed by atoms with Crippen molar-refractivity contribution in [1.82, 2.24) is 9.47 Å². The highest BCUT2D eigenvalue weighted by molar-refractivity contribution is 7.16. The van der Waals surface area contributed by atoms with E-state index in [0.717, 1.165) is 15.1 Å². The molecule has 0 atom stereocenters. The second-order valence-corrected chi connectivity index (χ2v) is 7.49. The highest BCUT2D eigenvalue weighted by Gasteiger charge is 2.30. The summed E-state index contributed by atoms with van der Waals surface area (Å²) in [5.41, 5.74) is 1.50. The van der Waals surface area contributed by atoms with Crippen LogP contribution in [-0.4, -0.2) is 52.9 Å². The maximum absolute atomic E-state index is 12.4. The van der Waals surface area contributed by atoms with Crippen LogP contribution in [0.5, 0.6) is 0 Å². The number of carbonyl (C=O) groups is 4. The Bertz CT molecular complexity index is 1020. The summed E-state index contributed by atoms with van der Waals surface area (Å²) in [6, 6.07) is 5.44. The molecule has 1 saturated heterocycles. The second-order valence-electron chi connectivity index (χ2n) is 6.48. The van der Waals surface area contributed by atoms with E-state index in [9.17, 15) is 19.2 Å². The first kappa shape index (κ1) is 20.9. The Morgan fingerprint density at radius 3 is 2.62 bits per heavy atom. The minimum atomic E-state index is -0.563. The third-order valence-electron chi connectivity index (χ3n) is 4.34. The normalized spacial score (nSPS) is 14.8. The SMILES string of the molecule is CCOCCn1c(=NC(=O)CN2C(=O)CCC2=O)sc2cc(NC(C)=O)ccc21. The van der Waals surface area contributed by atoms with Gasteiger partial charge in [0.25, 0.3) is 5.91 Å². The standard InChI is InChI=1S/C19H22N4O5S/c1-3-28-9-8-22-14-5-4-13(20-12(2)24)10-15(14)29-19(22)21-16(25)11-23-17(26)6-7-18(23)27/h4-5,10H,3,6-9,11H2,1-2H3,(H,20,24). The number of hydrogen-bond acceptors (Lipinski definition) is 6. The van der Waals surface area contributed by atoms with E-state index in [1.54, 1.807) is 6.07 Å². The van der Waals surface area contributed by atoms with Gasteiger partial charge in [0.2, 0.25) is 17.7 Å². The molecule has 29 heavy (non-hydrogen) atoms. The van der Waals surface area contributed by atoms with E-state index in [1.165, 1.54) is 18.3 Å². The van der Waals surface area contributed by atoms with Gasteiger partial charge in [0, 0.05) is 38.6 Å². The van der Waals surface area contributed by atoms with Gasteiger partial charge in [-0.2, -0.15) is 4.99 Å². The molecule has 9 nitrogen and oxygen atoms in total. The molecule has 1 aliphatic rings. The molecule has 10 heteroatoms. The topological polar surface area (TPSA) is 110 Å². The van der Waals surface area contributed by atoms with Crippen LogP contribution in [0.15, 0.2) is 23.2 Å². The number of thiazole rings is 1. The number of anilines is 1. The van der Waals surface area contributed by atoms with E-state index in [0.29, 0.717) is 30.2 Å². The molecule has 2 heterocycles. The average molecular weight is 418 g/mol. The van der Waals surface area contributed by atoms with Crippen LogP contribution in [0.4, 0.5) is 5.69 Å². The Hall–Kier alpha value is -2.85. The quantitative estimate of drug-likeness (QED) is 0.538. The predicted octanol–water partition coefficient (Wildman–Crippen LogP) is 1.27. The van der Waals surface area contributed by atoms with Gasteiger partial charge in [-0.05, 0) is 25.1 Å². The number of carbonyl (C=O) groups excluding carboxylic acids is 4. The average Bonchev–Trinajstić information content (AvgIpc) is 3.15. The van der Waals surface area contributed by atoms with E-state index in [1.807, 2.05) is 23.6 Å². The second kappa shape index (κ2) is 9.10. The van der Waals surface area contributed by atoms with Crippen molar-refractivity contribution in [3.8, 4) is 0 Å². The van der Waals surface area contributed by atoms with Crippen molar-refractivity contribution in [1.29, 1.82) is 0 Å². The van der Waals surface area contributed by atoms with Gasteiger partial charge in [-0.25, -0.2) is 0 Å². The molecule has 0 radical (unpaired) electrons. The van der Waals surface area contributed by atoms with Crippen molar-refractivity contribution in [2.75, 3.05) is 25.1 Å². The Morgan fingerprint density at radius 2 is 1.97 bits per heavy atom. The summed E-state index contributed by atoms with van der Waals surface area (Å²) in [4.78, 5) is 52.8. The van der Waals surface area contributed by atoms with E-state index in [-0.39, 0.29) is 37.1 Å². The third-order valence-corrected chi connectivity index (χ3v) is 5.38. The lowest BCUT2D eigenvalue weighted by Crippen LogP contribution is -2.34. The van der Waals surface area contributed by atoms with E-state index < -0.39 is 5.91 Å². The van der Waals surface area contributed by atoms with Gasteiger partial charge in [-0.1, -0.05) is 11.3 Å². The van der Waals surface area contributed by atoms with Crippen LogP contribution in [-0.2, 0) is 30.5 Å². The van der Waals surface area contributed by atoms with Crippen LogP contribution in [0.1, 0.15) is 26.7 Å². The molecule has 1 aliphatic heterocycles. The molecule has 0 aliphatic carbocycles. The lowest BCUT2D eigenvalue weighted by molar-refractivity contribution is -0.141.